The molecular formula is C28H27NO5. The number of carboxylic acid groups (broad SMARTS) is 1. The number of nitrogens with zero attached hydrogens (tertiary/aromatic N) is 1. The summed E-state index contributed by atoms with van der Waals surface area (Å²) in [5.41, 5.74) is 4.87. The second-order valence-corrected chi connectivity index (χ2v) is 9.56. The van der Waals surface area contributed by atoms with Crippen molar-refractivity contribution >= 4 is 12.1 Å². The molecule has 2 aliphatic rings. The number of aromatic hydroxyl groups is 1. The summed E-state index contributed by atoms with van der Waals surface area (Å²) in [7, 11) is 0. The molecule has 1 heterocycles. The molecule has 6 nitrogen and oxygen atoms in total. The number of fused-ring (bicyclic) bond motifs is 4. The van der Waals surface area contributed by atoms with Gasteiger partial charge in [-0.2, -0.15) is 0 Å². The fourth-order valence-corrected chi connectivity index (χ4v) is 5.38. The van der Waals surface area contributed by atoms with Gasteiger partial charge in [0.15, 0.2) is 0 Å². The first-order valence-electron chi connectivity index (χ1n) is 11.5. The highest BCUT2D eigenvalue weighted by molar-refractivity contribution is 5.80. The Bertz CT molecular complexity index is 1240. The van der Waals surface area contributed by atoms with E-state index in [0.717, 1.165) is 33.4 Å². The number of hydrogen-bond donors (Lipinski definition) is 2. The van der Waals surface area contributed by atoms with Gasteiger partial charge in [0.05, 0.1) is 11.5 Å². The second-order valence-electron chi connectivity index (χ2n) is 9.56. The normalized spacial score (nSPS) is 17.0. The summed E-state index contributed by atoms with van der Waals surface area (Å²) in [6.07, 6.45) is -0.0138. The van der Waals surface area contributed by atoms with Gasteiger partial charge in [-0.3, -0.25) is 9.69 Å². The first-order chi connectivity index (χ1) is 16.3. The molecule has 0 saturated heterocycles. The molecule has 0 spiro atoms. The molecule has 1 amide bonds. The average Bonchev–Trinajstić information content (AvgIpc) is 3.15. The molecule has 6 heteroatoms. The van der Waals surface area contributed by atoms with E-state index >= 15 is 0 Å². The van der Waals surface area contributed by atoms with E-state index < -0.39 is 23.5 Å². The summed E-state index contributed by atoms with van der Waals surface area (Å²) in [5, 5.41) is 19.9. The van der Waals surface area contributed by atoms with E-state index in [1.54, 1.807) is 26.0 Å². The number of ether oxygens (including phenoxy) is 1. The van der Waals surface area contributed by atoms with Crippen LogP contribution in [0.25, 0.3) is 11.1 Å². The number of hydrogen-bond acceptors (Lipinski definition) is 4. The van der Waals surface area contributed by atoms with E-state index in [-0.39, 0.29) is 18.3 Å². The Morgan fingerprint density at radius 2 is 1.59 bits per heavy atom. The zero-order chi connectivity index (χ0) is 24.0. The number of phenols is 1. The van der Waals surface area contributed by atoms with Crippen LogP contribution < -0.4 is 0 Å². The van der Waals surface area contributed by atoms with Crippen molar-refractivity contribution in [3.8, 4) is 16.9 Å². The maximum atomic E-state index is 13.4. The number of aliphatic carboxylic acids is 1. The zero-order valence-electron chi connectivity index (χ0n) is 19.2. The van der Waals surface area contributed by atoms with Crippen molar-refractivity contribution in [2.45, 2.75) is 32.2 Å². The third-order valence-electron chi connectivity index (χ3n) is 7.16. The van der Waals surface area contributed by atoms with Crippen LogP contribution in [0, 0.1) is 5.41 Å². The van der Waals surface area contributed by atoms with Crippen molar-refractivity contribution in [1.29, 1.82) is 0 Å². The molecule has 3 aromatic carbocycles. The number of benzene rings is 3. The average molecular weight is 458 g/mol. The third kappa shape index (κ3) is 3.50. The van der Waals surface area contributed by atoms with Crippen LogP contribution in [-0.4, -0.2) is 40.3 Å². The standard InChI is InChI=1S/C28H27NO5/c1-28(2,26(31)32)25-19-12-11-18(30)15-17(19)13-14-29(25)27(33)34-16-24-22-9-5-3-7-20(22)21-8-4-6-10-23(21)24/h3-12,15,24-25,30H,13-14,16H2,1-2H3,(H,31,32). The molecular weight excluding hydrogens is 430 g/mol. The first-order valence-corrected chi connectivity index (χ1v) is 11.5. The van der Waals surface area contributed by atoms with Gasteiger partial charge in [0.25, 0.3) is 0 Å². The number of phenolic OH excluding ortho intramolecular Hbond substituents is 1. The Labute approximate surface area is 198 Å². The summed E-state index contributed by atoms with van der Waals surface area (Å²) in [6, 6.07) is 20.5. The summed E-state index contributed by atoms with van der Waals surface area (Å²) in [6.45, 7) is 3.72. The highest BCUT2D eigenvalue weighted by atomic mass is 16.6. The van der Waals surface area contributed by atoms with Crippen LogP contribution in [0.2, 0.25) is 0 Å². The summed E-state index contributed by atoms with van der Waals surface area (Å²) >= 11 is 0. The lowest BCUT2D eigenvalue weighted by Crippen LogP contribution is -2.49. The van der Waals surface area contributed by atoms with Crippen LogP contribution in [0.1, 0.15) is 48.1 Å². The van der Waals surface area contributed by atoms with Gasteiger partial charge in [-0.05, 0) is 65.8 Å². The Balaban J connectivity index is 1.43. The predicted octanol–water partition coefficient (Wildman–Crippen LogP) is 5.35. The van der Waals surface area contributed by atoms with Gasteiger partial charge in [0, 0.05) is 12.5 Å². The monoisotopic (exact) mass is 457 g/mol. The maximum absolute atomic E-state index is 13.4. The molecule has 3 aromatic rings. The van der Waals surface area contributed by atoms with Gasteiger partial charge in [0.2, 0.25) is 0 Å². The van der Waals surface area contributed by atoms with E-state index in [4.69, 9.17) is 4.74 Å². The van der Waals surface area contributed by atoms with Crippen LogP contribution in [0.5, 0.6) is 5.75 Å². The van der Waals surface area contributed by atoms with Gasteiger partial charge in [-0.25, -0.2) is 4.79 Å². The van der Waals surface area contributed by atoms with Crippen molar-refractivity contribution in [3.63, 3.8) is 0 Å². The molecule has 0 radical (unpaired) electrons. The molecule has 0 fully saturated rings. The van der Waals surface area contributed by atoms with E-state index in [1.165, 1.54) is 11.0 Å². The molecule has 1 atom stereocenters. The van der Waals surface area contributed by atoms with Crippen molar-refractivity contribution < 1.29 is 24.5 Å². The number of carbonyl (C=O) groups is 2. The molecule has 0 bridgehead atoms. The van der Waals surface area contributed by atoms with Crippen LogP contribution in [0.3, 0.4) is 0 Å². The minimum absolute atomic E-state index is 0.0729. The minimum Gasteiger partial charge on any atom is -0.508 e. The van der Waals surface area contributed by atoms with Crippen molar-refractivity contribution in [3.05, 3.63) is 89.0 Å². The van der Waals surface area contributed by atoms with E-state index in [0.29, 0.717) is 13.0 Å². The van der Waals surface area contributed by atoms with Gasteiger partial charge in [0.1, 0.15) is 12.4 Å². The highest BCUT2D eigenvalue weighted by Gasteiger charge is 2.46. The van der Waals surface area contributed by atoms with Crippen LogP contribution in [0.15, 0.2) is 66.7 Å². The van der Waals surface area contributed by atoms with Gasteiger partial charge < -0.3 is 14.9 Å². The highest BCUT2D eigenvalue weighted by Crippen LogP contribution is 2.46. The van der Waals surface area contributed by atoms with Gasteiger partial charge in [-0.1, -0.05) is 54.6 Å². The number of carboxylic acids is 1. The molecule has 1 aliphatic heterocycles. The Morgan fingerprint density at radius 1 is 0.971 bits per heavy atom. The molecule has 0 saturated carbocycles. The Morgan fingerprint density at radius 3 is 2.21 bits per heavy atom. The first kappa shape index (κ1) is 22.0. The predicted molar refractivity (Wildman–Crippen MR) is 128 cm³/mol. The van der Waals surface area contributed by atoms with E-state index in [2.05, 4.69) is 24.3 Å². The van der Waals surface area contributed by atoms with Crippen molar-refractivity contribution in [1.82, 2.24) is 4.90 Å². The lowest BCUT2D eigenvalue weighted by atomic mass is 9.76. The van der Waals surface area contributed by atoms with Gasteiger partial charge in [-0.15, -0.1) is 0 Å². The summed E-state index contributed by atoms with van der Waals surface area (Å²) in [5.74, 6) is -0.952. The lowest BCUT2D eigenvalue weighted by molar-refractivity contribution is -0.151. The molecule has 0 aromatic heterocycles. The topological polar surface area (TPSA) is 87.1 Å². The van der Waals surface area contributed by atoms with Crippen LogP contribution in [-0.2, 0) is 16.0 Å². The van der Waals surface area contributed by atoms with Gasteiger partial charge >= 0.3 is 12.1 Å². The lowest BCUT2D eigenvalue weighted by Gasteiger charge is -2.43. The zero-order valence-corrected chi connectivity index (χ0v) is 19.2. The number of carbonyl (C=O) groups excluding carboxylic acids is 1. The van der Waals surface area contributed by atoms with Crippen LogP contribution in [0.4, 0.5) is 4.79 Å². The smallest absolute Gasteiger partial charge is 0.410 e. The Hall–Kier alpha value is -3.80. The second kappa shape index (κ2) is 8.20. The fourth-order valence-electron chi connectivity index (χ4n) is 5.38. The fraction of sp³-hybridized carbons (Fsp3) is 0.286. The van der Waals surface area contributed by atoms with Crippen molar-refractivity contribution in [2.75, 3.05) is 13.2 Å². The molecule has 5 rings (SSSR count). The molecule has 34 heavy (non-hydrogen) atoms. The quantitative estimate of drug-likeness (QED) is 0.551. The molecule has 174 valence electrons. The van der Waals surface area contributed by atoms with E-state index in [1.807, 2.05) is 24.3 Å². The summed E-state index contributed by atoms with van der Waals surface area (Å²) < 4.78 is 5.87. The minimum atomic E-state index is -1.25. The maximum Gasteiger partial charge on any atom is 0.410 e. The van der Waals surface area contributed by atoms with E-state index in [9.17, 15) is 19.8 Å². The number of amides is 1. The SMILES string of the molecule is CC(C)(C(=O)O)C1c2ccc(O)cc2CCN1C(=O)OCC1c2ccccc2-c2ccccc21. The van der Waals surface area contributed by atoms with Crippen molar-refractivity contribution in [2.24, 2.45) is 5.41 Å². The Kier molecular flexibility index (Phi) is 5.31. The summed E-state index contributed by atoms with van der Waals surface area (Å²) in [4.78, 5) is 27.1. The number of rotatable bonds is 4. The molecule has 2 N–H and O–H groups in total. The largest absolute Gasteiger partial charge is 0.508 e. The third-order valence-corrected chi connectivity index (χ3v) is 7.16. The van der Waals surface area contributed by atoms with Crippen LogP contribution >= 0.6 is 0 Å². The molecule has 1 unspecified atom stereocenters. The molecule has 1 aliphatic carbocycles.